The van der Waals surface area contributed by atoms with Gasteiger partial charge in [-0.15, -0.1) is 0 Å². The minimum atomic E-state index is -0.944. The van der Waals surface area contributed by atoms with E-state index in [0.717, 1.165) is 51.5 Å². The highest BCUT2D eigenvalue weighted by Gasteiger charge is 2.31. The number of benzene rings is 2. The Hall–Kier alpha value is -3.34. The van der Waals surface area contributed by atoms with Crippen LogP contribution in [0.15, 0.2) is 42.6 Å². The van der Waals surface area contributed by atoms with Gasteiger partial charge in [-0.05, 0) is 42.5 Å². The Kier molecular flexibility index (Phi) is 3.69. The minimum Gasteiger partial charge on any atom is -0.478 e. The fourth-order valence-corrected chi connectivity index (χ4v) is 5.60. The topological polar surface area (TPSA) is 75.1 Å². The van der Waals surface area contributed by atoms with Gasteiger partial charge in [-0.2, -0.15) is 0 Å². The molecule has 2 N–H and O–H groups in total. The summed E-state index contributed by atoms with van der Waals surface area (Å²) in [6.45, 7) is 0.225. The van der Waals surface area contributed by atoms with Gasteiger partial charge >= 0.3 is 5.97 Å². The fourth-order valence-electron chi connectivity index (χ4n) is 5.60. The molecular formula is C25H22N2O3. The number of carbonyl (C=O) groups excluding carboxylic acids is 1. The maximum absolute atomic E-state index is 13.2. The lowest BCUT2D eigenvalue weighted by molar-refractivity contribution is 0.0697. The highest BCUT2D eigenvalue weighted by atomic mass is 16.4. The van der Waals surface area contributed by atoms with Gasteiger partial charge in [0.1, 0.15) is 0 Å². The van der Waals surface area contributed by atoms with Gasteiger partial charge < -0.3 is 14.7 Å². The number of Topliss-reactive ketones (excluding diaryl/α,β-unsaturated/α-hetero) is 1. The number of aromatic amines is 1. The van der Waals surface area contributed by atoms with Gasteiger partial charge in [-0.1, -0.05) is 37.5 Å². The van der Waals surface area contributed by atoms with E-state index in [1.54, 1.807) is 12.1 Å². The zero-order valence-corrected chi connectivity index (χ0v) is 16.6. The number of carboxylic acid groups (broad SMARTS) is 1. The van der Waals surface area contributed by atoms with Crippen LogP contribution in [0.3, 0.4) is 0 Å². The molecule has 0 atom stereocenters. The van der Waals surface area contributed by atoms with Crippen LogP contribution in [0.4, 0.5) is 0 Å². The summed E-state index contributed by atoms with van der Waals surface area (Å²) in [5.74, 6) is -0.459. The van der Waals surface area contributed by atoms with Gasteiger partial charge in [0.15, 0.2) is 5.78 Å². The lowest BCUT2D eigenvalue weighted by Crippen LogP contribution is -2.10. The second kappa shape index (κ2) is 6.33. The zero-order chi connectivity index (χ0) is 20.4. The number of nitrogens with zero attached hydrogens (tertiary/aromatic N) is 1. The van der Waals surface area contributed by atoms with Gasteiger partial charge in [-0.3, -0.25) is 4.79 Å². The molecule has 0 bridgehead atoms. The molecule has 0 radical (unpaired) electrons. The first-order chi connectivity index (χ1) is 14.6. The van der Waals surface area contributed by atoms with E-state index in [1.165, 1.54) is 24.8 Å². The van der Waals surface area contributed by atoms with E-state index in [0.29, 0.717) is 5.92 Å². The monoisotopic (exact) mass is 398 g/mol. The van der Waals surface area contributed by atoms with E-state index in [-0.39, 0.29) is 17.9 Å². The standard InChI is InChI=1S/C25H22N2O3/c28-21-13-27-20-11-15(25(29)30)9-10-16(20)22(14-5-2-1-3-6-14)24(27)17-7-4-8-19-23(17)18(21)12-26-19/h4,7-12,14,26H,1-3,5-6,13H2,(H,29,30). The first-order valence-electron chi connectivity index (χ1n) is 10.7. The number of nitrogens with one attached hydrogen (secondary N) is 1. The second-order valence-electron chi connectivity index (χ2n) is 8.57. The van der Waals surface area contributed by atoms with E-state index in [9.17, 15) is 14.7 Å². The predicted octanol–water partition coefficient (Wildman–Crippen LogP) is 5.73. The van der Waals surface area contributed by atoms with Crippen molar-refractivity contribution in [2.24, 2.45) is 0 Å². The Morgan fingerprint density at radius 2 is 1.90 bits per heavy atom. The third-order valence-corrected chi connectivity index (χ3v) is 6.93. The molecule has 1 saturated carbocycles. The molecule has 0 amide bonds. The average Bonchev–Trinajstić information content (AvgIpc) is 3.30. The minimum absolute atomic E-state index is 0.0558. The average molecular weight is 398 g/mol. The summed E-state index contributed by atoms with van der Waals surface area (Å²) >= 11 is 0. The SMILES string of the molecule is O=C(O)c1ccc2c(C3CCCCC3)c3n(c2c1)CC(=O)c1c[nH]c2cccc-3c12. The van der Waals surface area contributed by atoms with Crippen LogP contribution in [-0.4, -0.2) is 26.4 Å². The van der Waals surface area contributed by atoms with E-state index < -0.39 is 5.97 Å². The Morgan fingerprint density at radius 1 is 1.07 bits per heavy atom. The molecule has 5 nitrogen and oxygen atoms in total. The van der Waals surface area contributed by atoms with Gasteiger partial charge in [-0.25, -0.2) is 4.79 Å². The molecular weight excluding hydrogens is 376 g/mol. The second-order valence-corrected chi connectivity index (χ2v) is 8.57. The van der Waals surface area contributed by atoms with Crippen molar-refractivity contribution in [3.8, 4) is 11.3 Å². The van der Waals surface area contributed by atoms with E-state index >= 15 is 0 Å². The van der Waals surface area contributed by atoms with Gasteiger partial charge in [0, 0.05) is 33.6 Å². The normalized spacial score (nSPS) is 16.7. The number of ketones is 1. The summed E-state index contributed by atoms with van der Waals surface area (Å²) in [6, 6.07) is 11.5. The van der Waals surface area contributed by atoms with E-state index in [4.69, 9.17) is 0 Å². The number of aromatic nitrogens is 2. The van der Waals surface area contributed by atoms with Crippen LogP contribution in [0.25, 0.3) is 33.1 Å². The Bertz CT molecular complexity index is 1350. The van der Waals surface area contributed by atoms with Crippen molar-refractivity contribution in [2.45, 2.75) is 44.6 Å². The summed E-state index contributed by atoms with van der Waals surface area (Å²) < 4.78 is 2.07. The van der Waals surface area contributed by atoms with Crippen LogP contribution >= 0.6 is 0 Å². The molecule has 3 heterocycles. The summed E-state index contributed by atoms with van der Waals surface area (Å²) in [7, 11) is 0. The van der Waals surface area contributed by atoms with Crippen LogP contribution in [-0.2, 0) is 6.54 Å². The molecule has 1 fully saturated rings. The molecule has 0 saturated heterocycles. The summed E-state index contributed by atoms with van der Waals surface area (Å²) in [5, 5.41) is 11.6. The van der Waals surface area contributed by atoms with Gasteiger partial charge in [0.05, 0.1) is 23.3 Å². The van der Waals surface area contributed by atoms with Crippen LogP contribution < -0.4 is 0 Å². The van der Waals surface area contributed by atoms with Crippen LogP contribution in [0.1, 0.15) is 64.3 Å². The fraction of sp³-hybridized carbons (Fsp3) is 0.280. The number of aromatic carboxylic acids is 1. The Labute approximate surface area is 173 Å². The molecule has 2 aliphatic rings. The van der Waals surface area contributed by atoms with Crippen molar-refractivity contribution in [3.05, 3.63) is 59.3 Å². The third-order valence-electron chi connectivity index (χ3n) is 6.93. The van der Waals surface area contributed by atoms with Crippen LogP contribution in [0.2, 0.25) is 0 Å². The van der Waals surface area contributed by atoms with Crippen molar-refractivity contribution in [3.63, 3.8) is 0 Å². The first kappa shape index (κ1) is 17.5. The summed E-state index contributed by atoms with van der Waals surface area (Å²) in [6.07, 6.45) is 7.77. The zero-order valence-electron chi connectivity index (χ0n) is 16.6. The van der Waals surface area contributed by atoms with Crippen molar-refractivity contribution in [1.82, 2.24) is 9.55 Å². The van der Waals surface area contributed by atoms with Gasteiger partial charge in [0.2, 0.25) is 0 Å². The van der Waals surface area contributed by atoms with Crippen molar-refractivity contribution in [2.75, 3.05) is 0 Å². The molecule has 1 aliphatic carbocycles. The van der Waals surface area contributed by atoms with Crippen molar-refractivity contribution >= 4 is 33.6 Å². The number of carbonyl (C=O) groups is 2. The quantitative estimate of drug-likeness (QED) is 0.453. The largest absolute Gasteiger partial charge is 0.478 e. The molecule has 2 aromatic heterocycles. The summed E-state index contributed by atoms with van der Waals surface area (Å²) in [5.41, 5.74) is 6.26. The Morgan fingerprint density at radius 3 is 2.70 bits per heavy atom. The maximum atomic E-state index is 13.2. The third kappa shape index (κ3) is 2.35. The van der Waals surface area contributed by atoms with Crippen LogP contribution in [0, 0.1) is 0 Å². The molecule has 1 aliphatic heterocycles. The molecule has 4 aromatic rings. The molecule has 0 spiro atoms. The molecule has 5 heteroatoms. The number of fused-ring (bicyclic) bond motifs is 4. The highest BCUT2D eigenvalue weighted by molar-refractivity contribution is 6.16. The Balaban J connectivity index is 1.75. The predicted molar refractivity (Wildman–Crippen MR) is 116 cm³/mol. The lowest BCUT2D eigenvalue weighted by Gasteiger charge is -2.23. The molecule has 6 rings (SSSR count). The molecule has 150 valence electrons. The summed E-state index contributed by atoms with van der Waals surface area (Å²) in [4.78, 5) is 28.1. The first-order valence-corrected chi connectivity index (χ1v) is 10.7. The number of hydrogen-bond donors (Lipinski definition) is 2. The highest BCUT2D eigenvalue weighted by Crippen LogP contribution is 2.47. The molecule has 2 aromatic carbocycles. The maximum Gasteiger partial charge on any atom is 0.335 e. The molecule has 0 unspecified atom stereocenters. The lowest BCUT2D eigenvalue weighted by atomic mass is 9.81. The number of carboxylic acids is 1. The van der Waals surface area contributed by atoms with Crippen LogP contribution in [0.5, 0.6) is 0 Å². The number of hydrogen-bond acceptors (Lipinski definition) is 2. The van der Waals surface area contributed by atoms with Gasteiger partial charge in [0.25, 0.3) is 0 Å². The molecule has 30 heavy (non-hydrogen) atoms. The van der Waals surface area contributed by atoms with E-state index in [1.807, 2.05) is 24.4 Å². The van der Waals surface area contributed by atoms with Crippen molar-refractivity contribution in [1.29, 1.82) is 0 Å². The number of rotatable bonds is 2. The van der Waals surface area contributed by atoms with E-state index in [2.05, 4.69) is 15.6 Å². The van der Waals surface area contributed by atoms with Crippen molar-refractivity contribution < 1.29 is 14.7 Å². The number of H-pyrrole nitrogens is 1. The smallest absolute Gasteiger partial charge is 0.335 e.